The summed E-state index contributed by atoms with van der Waals surface area (Å²) in [6.45, 7) is 4.96. The smallest absolute Gasteiger partial charge is 0.125 e. The van der Waals surface area contributed by atoms with Crippen molar-refractivity contribution in [2.75, 3.05) is 26.2 Å². The molecule has 3 rings (SSSR count). The fourth-order valence-electron chi connectivity index (χ4n) is 2.42. The molecule has 1 aliphatic rings. The summed E-state index contributed by atoms with van der Waals surface area (Å²) in [7, 11) is 1.95. The molecule has 0 atom stereocenters. The second kappa shape index (κ2) is 4.66. The minimum atomic E-state index is -0.209. The molecule has 96 valence electrons. The molecule has 2 aromatic rings. The predicted molar refractivity (Wildman–Crippen MR) is 68.8 cm³/mol. The van der Waals surface area contributed by atoms with Crippen molar-refractivity contribution in [2.24, 2.45) is 7.05 Å². The van der Waals surface area contributed by atoms with E-state index in [1.54, 1.807) is 12.1 Å². The molecule has 0 amide bonds. The second-order valence-electron chi connectivity index (χ2n) is 4.75. The fraction of sp³-hybridized carbons (Fsp3) is 0.462. The number of imidazole rings is 1. The first-order valence-electron chi connectivity index (χ1n) is 6.28. The molecule has 0 radical (unpaired) electrons. The largest absolute Gasteiger partial charge is 0.330 e. The quantitative estimate of drug-likeness (QED) is 0.864. The van der Waals surface area contributed by atoms with Gasteiger partial charge >= 0.3 is 0 Å². The van der Waals surface area contributed by atoms with E-state index >= 15 is 0 Å². The van der Waals surface area contributed by atoms with Crippen molar-refractivity contribution in [3.8, 4) is 0 Å². The fourth-order valence-corrected chi connectivity index (χ4v) is 2.42. The molecule has 1 aromatic carbocycles. The first-order chi connectivity index (χ1) is 8.74. The normalized spacial score (nSPS) is 17.4. The lowest BCUT2D eigenvalue weighted by Gasteiger charge is -2.26. The summed E-state index contributed by atoms with van der Waals surface area (Å²) in [4.78, 5) is 6.95. The highest BCUT2D eigenvalue weighted by atomic mass is 19.1. The highest BCUT2D eigenvalue weighted by Gasteiger charge is 2.14. The zero-order valence-electron chi connectivity index (χ0n) is 10.5. The molecule has 0 unspecified atom stereocenters. The van der Waals surface area contributed by atoms with Crippen molar-refractivity contribution in [1.82, 2.24) is 19.8 Å². The number of piperazine rings is 1. The molecule has 18 heavy (non-hydrogen) atoms. The van der Waals surface area contributed by atoms with E-state index in [1.807, 2.05) is 11.6 Å². The number of halogens is 1. The topological polar surface area (TPSA) is 33.1 Å². The van der Waals surface area contributed by atoms with Crippen LogP contribution in [0.15, 0.2) is 18.2 Å². The highest BCUT2D eigenvalue weighted by molar-refractivity contribution is 5.75. The van der Waals surface area contributed by atoms with E-state index < -0.39 is 0 Å². The SMILES string of the molecule is Cn1c(CN2CCNCC2)nc2ccc(F)cc21. The lowest BCUT2D eigenvalue weighted by molar-refractivity contribution is 0.226. The van der Waals surface area contributed by atoms with Gasteiger partial charge in [-0.3, -0.25) is 4.90 Å². The van der Waals surface area contributed by atoms with Gasteiger partial charge in [-0.1, -0.05) is 0 Å². The average Bonchev–Trinajstić information content (AvgIpc) is 2.68. The van der Waals surface area contributed by atoms with Gasteiger partial charge in [-0.15, -0.1) is 0 Å². The van der Waals surface area contributed by atoms with E-state index in [-0.39, 0.29) is 5.82 Å². The minimum absolute atomic E-state index is 0.209. The van der Waals surface area contributed by atoms with Gasteiger partial charge in [0, 0.05) is 33.2 Å². The maximum atomic E-state index is 13.2. The molecule has 0 bridgehead atoms. The van der Waals surface area contributed by atoms with Gasteiger partial charge in [0.15, 0.2) is 0 Å². The van der Waals surface area contributed by atoms with Crippen molar-refractivity contribution in [2.45, 2.75) is 6.54 Å². The van der Waals surface area contributed by atoms with Crippen LogP contribution in [0.3, 0.4) is 0 Å². The number of nitrogens with one attached hydrogen (secondary N) is 1. The number of aromatic nitrogens is 2. The van der Waals surface area contributed by atoms with Crippen LogP contribution in [0, 0.1) is 5.82 Å². The number of hydrogen-bond donors (Lipinski definition) is 1. The van der Waals surface area contributed by atoms with Crippen LogP contribution in [0.2, 0.25) is 0 Å². The van der Waals surface area contributed by atoms with Crippen LogP contribution in [-0.4, -0.2) is 40.6 Å². The van der Waals surface area contributed by atoms with E-state index in [0.717, 1.165) is 49.6 Å². The van der Waals surface area contributed by atoms with Gasteiger partial charge in [0.25, 0.3) is 0 Å². The standard InChI is InChI=1S/C13H17FN4/c1-17-12-8-10(14)2-3-11(12)16-13(17)9-18-6-4-15-5-7-18/h2-3,8,15H,4-7,9H2,1H3. The molecule has 0 saturated carbocycles. The molecule has 1 aliphatic heterocycles. The van der Waals surface area contributed by atoms with Gasteiger partial charge in [0.05, 0.1) is 17.6 Å². The van der Waals surface area contributed by atoms with Crippen molar-refractivity contribution in [3.05, 3.63) is 29.8 Å². The Morgan fingerprint density at radius 3 is 2.89 bits per heavy atom. The van der Waals surface area contributed by atoms with Crippen LogP contribution in [0.25, 0.3) is 11.0 Å². The summed E-state index contributed by atoms with van der Waals surface area (Å²) < 4.78 is 15.2. The minimum Gasteiger partial charge on any atom is -0.330 e. The summed E-state index contributed by atoms with van der Waals surface area (Å²) in [5.41, 5.74) is 1.73. The maximum Gasteiger partial charge on any atom is 0.125 e. The summed E-state index contributed by atoms with van der Waals surface area (Å²) in [5, 5.41) is 3.33. The van der Waals surface area contributed by atoms with Crippen molar-refractivity contribution >= 4 is 11.0 Å². The number of fused-ring (bicyclic) bond motifs is 1. The van der Waals surface area contributed by atoms with Gasteiger partial charge in [0.1, 0.15) is 11.6 Å². The van der Waals surface area contributed by atoms with Crippen LogP contribution in [0.1, 0.15) is 5.82 Å². The summed E-state index contributed by atoms with van der Waals surface area (Å²) in [6.07, 6.45) is 0. The Labute approximate surface area is 105 Å². The van der Waals surface area contributed by atoms with Crippen LogP contribution in [0.4, 0.5) is 4.39 Å². The molecule has 0 aliphatic carbocycles. The average molecular weight is 248 g/mol. The number of aryl methyl sites for hydroxylation is 1. The molecule has 5 heteroatoms. The third kappa shape index (κ3) is 2.11. The van der Waals surface area contributed by atoms with E-state index in [1.165, 1.54) is 6.07 Å². The zero-order chi connectivity index (χ0) is 12.5. The third-order valence-electron chi connectivity index (χ3n) is 3.51. The summed E-state index contributed by atoms with van der Waals surface area (Å²) in [6, 6.07) is 4.75. The molecular formula is C13H17FN4. The van der Waals surface area contributed by atoms with Gasteiger partial charge in [-0.2, -0.15) is 0 Å². The Balaban J connectivity index is 1.89. The third-order valence-corrected chi connectivity index (χ3v) is 3.51. The molecule has 1 aromatic heterocycles. The number of benzene rings is 1. The van der Waals surface area contributed by atoms with Crippen molar-refractivity contribution < 1.29 is 4.39 Å². The predicted octanol–water partition coefficient (Wildman–Crippen LogP) is 1.12. The second-order valence-corrected chi connectivity index (χ2v) is 4.75. The van der Waals surface area contributed by atoms with E-state index in [9.17, 15) is 4.39 Å². The first kappa shape index (κ1) is 11.6. The van der Waals surface area contributed by atoms with Crippen molar-refractivity contribution in [3.63, 3.8) is 0 Å². The Hall–Kier alpha value is -1.46. The lowest BCUT2D eigenvalue weighted by atomic mass is 10.3. The Morgan fingerprint density at radius 1 is 1.33 bits per heavy atom. The number of hydrogen-bond acceptors (Lipinski definition) is 3. The number of nitrogens with zero attached hydrogens (tertiary/aromatic N) is 3. The molecular weight excluding hydrogens is 231 g/mol. The van der Waals surface area contributed by atoms with Crippen LogP contribution in [-0.2, 0) is 13.6 Å². The Bertz CT molecular complexity index is 557. The monoisotopic (exact) mass is 248 g/mol. The summed E-state index contributed by atoms with van der Waals surface area (Å²) >= 11 is 0. The maximum absolute atomic E-state index is 13.2. The number of rotatable bonds is 2. The molecule has 1 saturated heterocycles. The van der Waals surface area contributed by atoms with Crippen LogP contribution < -0.4 is 5.32 Å². The Morgan fingerprint density at radius 2 is 2.11 bits per heavy atom. The van der Waals surface area contributed by atoms with Crippen LogP contribution in [0.5, 0.6) is 0 Å². The van der Waals surface area contributed by atoms with Crippen LogP contribution >= 0.6 is 0 Å². The summed E-state index contributed by atoms with van der Waals surface area (Å²) in [5.74, 6) is 0.789. The van der Waals surface area contributed by atoms with E-state index in [4.69, 9.17) is 0 Å². The lowest BCUT2D eigenvalue weighted by Crippen LogP contribution is -2.43. The van der Waals surface area contributed by atoms with E-state index in [0.29, 0.717) is 0 Å². The van der Waals surface area contributed by atoms with E-state index in [2.05, 4.69) is 15.2 Å². The van der Waals surface area contributed by atoms with Gasteiger partial charge in [-0.05, 0) is 18.2 Å². The zero-order valence-corrected chi connectivity index (χ0v) is 10.5. The van der Waals surface area contributed by atoms with Gasteiger partial charge in [0.2, 0.25) is 0 Å². The Kier molecular flexibility index (Phi) is 3.01. The van der Waals surface area contributed by atoms with Crippen molar-refractivity contribution in [1.29, 1.82) is 0 Å². The molecule has 1 N–H and O–H groups in total. The highest BCUT2D eigenvalue weighted by Crippen LogP contribution is 2.17. The molecule has 4 nitrogen and oxygen atoms in total. The molecule has 0 spiro atoms. The molecule has 2 heterocycles. The van der Waals surface area contributed by atoms with Gasteiger partial charge < -0.3 is 9.88 Å². The first-order valence-corrected chi connectivity index (χ1v) is 6.28. The molecule has 1 fully saturated rings. The van der Waals surface area contributed by atoms with Gasteiger partial charge in [-0.25, -0.2) is 9.37 Å².